The predicted molar refractivity (Wildman–Crippen MR) is 54.9 cm³/mol. The van der Waals surface area contributed by atoms with Gasteiger partial charge in [0.15, 0.2) is 0 Å². The van der Waals surface area contributed by atoms with E-state index in [-0.39, 0.29) is 17.7 Å². The van der Waals surface area contributed by atoms with Crippen molar-refractivity contribution in [3.05, 3.63) is 35.1 Å². The van der Waals surface area contributed by atoms with Gasteiger partial charge in [0.05, 0.1) is 18.2 Å². The van der Waals surface area contributed by atoms with E-state index < -0.39 is 24.9 Å². The Morgan fingerprint density at radius 3 is 2.65 bits per heavy atom. The first-order valence-electron chi connectivity index (χ1n) is 4.86. The van der Waals surface area contributed by atoms with E-state index in [2.05, 4.69) is 5.32 Å². The monoisotopic (exact) mass is 244 g/mol. The topological polar surface area (TPSA) is 56.0 Å². The summed E-state index contributed by atoms with van der Waals surface area (Å²) in [6, 6.07) is 5.58. The maximum atomic E-state index is 13.3. The summed E-state index contributed by atoms with van der Waals surface area (Å²) in [7, 11) is 0. The molecule has 0 aliphatic carbocycles. The first kappa shape index (κ1) is 13.5. The van der Waals surface area contributed by atoms with Crippen LogP contribution in [0.4, 0.5) is 13.2 Å². The minimum Gasteiger partial charge on any atom is -0.390 e. The van der Waals surface area contributed by atoms with E-state index in [1.165, 1.54) is 12.1 Å². The molecular weight excluding hydrogens is 233 g/mol. The van der Waals surface area contributed by atoms with Crippen LogP contribution in [0.2, 0.25) is 0 Å². The van der Waals surface area contributed by atoms with E-state index in [0.29, 0.717) is 0 Å². The lowest BCUT2D eigenvalue weighted by molar-refractivity contribution is -0.0478. The number of aliphatic hydroxyl groups is 1. The number of nitrogens with one attached hydrogen (secondary N) is 1. The zero-order valence-corrected chi connectivity index (χ0v) is 8.88. The van der Waals surface area contributed by atoms with Gasteiger partial charge in [-0.05, 0) is 12.1 Å². The molecule has 1 aromatic rings. The van der Waals surface area contributed by atoms with Gasteiger partial charge in [0.25, 0.3) is 5.92 Å². The normalized spacial score (nSPS) is 11.2. The molecule has 0 unspecified atom stereocenters. The molecule has 0 heterocycles. The van der Waals surface area contributed by atoms with Gasteiger partial charge >= 0.3 is 0 Å². The molecule has 17 heavy (non-hydrogen) atoms. The standard InChI is InChI=1S/C11H11F3N2O/c12-10-3-8(4-15)1-2-9(10)5-16-6-11(13,14)7-17/h1-3,16-17H,5-7H2. The summed E-state index contributed by atoms with van der Waals surface area (Å²) in [6.07, 6.45) is 0. The van der Waals surface area contributed by atoms with E-state index in [1.807, 2.05) is 0 Å². The van der Waals surface area contributed by atoms with Crippen molar-refractivity contribution >= 4 is 0 Å². The van der Waals surface area contributed by atoms with Crippen LogP contribution < -0.4 is 5.32 Å². The minimum atomic E-state index is -3.22. The maximum absolute atomic E-state index is 13.3. The van der Waals surface area contributed by atoms with E-state index in [9.17, 15) is 13.2 Å². The average molecular weight is 244 g/mol. The van der Waals surface area contributed by atoms with Crippen LogP contribution in [0.1, 0.15) is 11.1 Å². The minimum absolute atomic E-state index is 0.0901. The van der Waals surface area contributed by atoms with Gasteiger partial charge in [-0.15, -0.1) is 0 Å². The molecule has 2 N–H and O–H groups in total. The van der Waals surface area contributed by atoms with Crippen molar-refractivity contribution in [1.82, 2.24) is 5.32 Å². The highest BCUT2D eigenvalue weighted by Gasteiger charge is 2.26. The Bertz CT molecular complexity index is 429. The number of nitrogens with zero attached hydrogens (tertiary/aromatic N) is 1. The fourth-order valence-electron chi connectivity index (χ4n) is 1.20. The highest BCUT2D eigenvalue weighted by atomic mass is 19.3. The van der Waals surface area contributed by atoms with Crippen molar-refractivity contribution in [1.29, 1.82) is 5.26 Å². The van der Waals surface area contributed by atoms with Crippen molar-refractivity contribution in [2.75, 3.05) is 13.2 Å². The summed E-state index contributed by atoms with van der Waals surface area (Å²) in [5.41, 5.74) is 0.365. The zero-order chi connectivity index (χ0) is 12.9. The molecule has 0 amide bonds. The van der Waals surface area contributed by atoms with Gasteiger partial charge < -0.3 is 10.4 Å². The fourth-order valence-corrected chi connectivity index (χ4v) is 1.20. The molecule has 1 aromatic carbocycles. The second-order valence-electron chi connectivity index (χ2n) is 3.54. The fraction of sp³-hybridized carbons (Fsp3) is 0.364. The second-order valence-corrected chi connectivity index (χ2v) is 3.54. The molecule has 3 nitrogen and oxygen atoms in total. The molecule has 0 aromatic heterocycles. The van der Waals surface area contributed by atoms with Gasteiger partial charge in [0.2, 0.25) is 0 Å². The average Bonchev–Trinajstić information content (AvgIpc) is 2.31. The lowest BCUT2D eigenvalue weighted by Gasteiger charge is -2.14. The Morgan fingerprint density at radius 1 is 1.41 bits per heavy atom. The van der Waals surface area contributed by atoms with Gasteiger partial charge in [-0.2, -0.15) is 5.26 Å². The summed E-state index contributed by atoms with van der Waals surface area (Å²) >= 11 is 0. The van der Waals surface area contributed by atoms with Crippen LogP contribution in [-0.2, 0) is 6.54 Å². The number of aliphatic hydroxyl groups excluding tert-OH is 1. The van der Waals surface area contributed by atoms with Crippen LogP contribution >= 0.6 is 0 Å². The SMILES string of the molecule is N#Cc1ccc(CNCC(F)(F)CO)c(F)c1. The molecule has 6 heteroatoms. The van der Waals surface area contributed by atoms with Crippen molar-refractivity contribution in [3.8, 4) is 6.07 Å². The van der Waals surface area contributed by atoms with Crippen molar-refractivity contribution in [3.63, 3.8) is 0 Å². The third-order valence-electron chi connectivity index (χ3n) is 2.11. The summed E-state index contributed by atoms with van der Waals surface area (Å²) in [5.74, 6) is -3.84. The molecular formula is C11H11F3N2O. The molecule has 0 saturated carbocycles. The van der Waals surface area contributed by atoms with Crippen LogP contribution in [0, 0.1) is 17.1 Å². The molecule has 0 bridgehead atoms. The van der Waals surface area contributed by atoms with Crippen molar-refractivity contribution in [2.45, 2.75) is 12.5 Å². The van der Waals surface area contributed by atoms with Crippen LogP contribution in [0.15, 0.2) is 18.2 Å². The van der Waals surface area contributed by atoms with Gasteiger partial charge in [0, 0.05) is 12.1 Å². The summed E-state index contributed by atoms with van der Waals surface area (Å²) < 4.78 is 38.6. The molecule has 0 saturated heterocycles. The number of benzene rings is 1. The molecule has 0 aliphatic heterocycles. The largest absolute Gasteiger partial charge is 0.390 e. The number of nitriles is 1. The molecule has 0 fully saturated rings. The lowest BCUT2D eigenvalue weighted by Crippen LogP contribution is -2.35. The number of rotatable bonds is 5. The number of hydrogen-bond acceptors (Lipinski definition) is 3. The number of halogens is 3. The van der Waals surface area contributed by atoms with E-state index >= 15 is 0 Å². The molecule has 0 radical (unpaired) electrons. The Balaban J connectivity index is 2.56. The van der Waals surface area contributed by atoms with Gasteiger partial charge in [-0.25, -0.2) is 13.2 Å². The maximum Gasteiger partial charge on any atom is 0.282 e. The number of alkyl halides is 2. The van der Waals surface area contributed by atoms with Gasteiger partial charge in [0.1, 0.15) is 12.4 Å². The van der Waals surface area contributed by atoms with Crippen LogP contribution in [0.5, 0.6) is 0 Å². The molecule has 92 valence electrons. The first-order valence-corrected chi connectivity index (χ1v) is 4.86. The predicted octanol–water partition coefficient (Wildman–Crippen LogP) is 1.41. The molecule has 1 rings (SSSR count). The van der Waals surface area contributed by atoms with E-state index in [0.717, 1.165) is 6.07 Å². The van der Waals surface area contributed by atoms with Crippen LogP contribution in [-0.4, -0.2) is 24.2 Å². The smallest absolute Gasteiger partial charge is 0.282 e. The quantitative estimate of drug-likeness (QED) is 0.823. The number of hydrogen-bond donors (Lipinski definition) is 2. The second kappa shape index (κ2) is 5.66. The third kappa shape index (κ3) is 4.06. The van der Waals surface area contributed by atoms with Crippen LogP contribution in [0.25, 0.3) is 0 Å². The van der Waals surface area contributed by atoms with E-state index in [4.69, 9.17) is 10.4 Å². The third-order valence-corrected chi connectivity index (χ3v) is 2.11. The molecule has 0 atom stereocenters. The Kier molecular flexibility index (Phi) is 4.49. The summed E-state index contributed by atoms with van der Waals surface area (Å²) in [4.78, 5) is 0. The molecule has 0 aliphatic rings. The molecule has 0 spiro atoms. The van der Waals surface area contributed by atoms with E-state index in [1.54, 1.807) is 6.07 Å². The van der Waals surface area contributed by atoms with Gasteiger partial charge in [-0.3, -0.25) is 0 Å². The van der Waals surface area contributed by atoms with Gasteiger partial charge in [-0.1, -0.05) is 6.07 Å². The Hall–Kier alpha value is -1.58. The summed E-state index contributed by atoms with van der Waals surface area (Å²) in [5, 5.41) is 19.2. The highest BCUT2D eigenvalue weighted by molar-refractivity contribution is 5.32. The Morgan fingerprint density at radius 2 is 2.12 bits per heavy atom. The van der Waals surface area contributed by atoms with Crippen molar-refractivity contribution < 1.29 is 18.3 Å². The lowest BCUT2D eigenvalue weighted by atomic mass is 10.1. The van der Waals surface area contributed by atoms with Crippen molar-refractivity contribution in [2.24, 2.45) is 0 Å². The Labute approximate surface area is 96.5 Å². The van der Waals surface area contributed by atoms with Crippen LogP contribution in [0.3, 0.4) is 0 Å². The summed E-state index contributed by atoms with van der Waals surface area (Å²) in [6.45, 7) is -2.08. The highest BCUT2D eigenvalue weighted by Crippen LogP contribution is 2.12. The zero-order valence-electron chi connectivity index (χ0n) is 8.88. The first-order chi connectivity index (χ1) is 7.98.